The van der Waals surface area contributed by atoms with E-state index in [4.69, 9.17) is 9.47 Å². The minimum absolute atomic E-state index is 0.0152. The maximum Gasteiger partial charge on any atom is 0.214 e. The van der Waals surface area contributed by atoms with Crippen LogP contribution in [-0.4, -0.2) is 44.6 Å². The summed E-state index contributed by atoms with van der Waals surface area (Å²) in [4.78, 5) is 3.15. The van der Waals surface area contributed by atoms with Crippen LogP contribution in [-0.2, 0) is 19.5 Å². The molecule has 1 aliphatic carbocycles. The molecule has 1 saturated carbocycles. The van der Waals surface area contributed by atoms with Gasteiger partial charge in [0.2, 0.25) is 10.0 Å². The third kappa shape index (κ3) is 3.67. The van der Waals surface area contributed by atoms with E-state index in [1.54, 1.807) is 7.11 Å². The van der Waals surface area contributed by atoms with Crippen molar-refractivity contribution < 1.29 is 17.9 Å². The molecule has 1 aromatic carbocycles. The van der Waals surface area contributed by atoms with Gasteiger partial charge in [0.15, 0.2) is 0 Å². The first-order chi connectivity index (χ1) is 12.5. The fraction of sp³-hybridized carbons (Fsp3) is 0.579. The number of hydrogen-bond donors (Lipinski definition) is 2. The molecule has 0 bridgehead atoms. The van der Waals surface area contributed by atoms with E-state index in [0.29, 0.717) is 0 Å². The van der Waals surface area contributed by atoms with Gasteiger partial charge in [-0.05, 0) is 61.3 Å². The molecule has 7 heteroatoms. The van der Waals surface area contributed by atoms with E-state index in [9.17, 15) is 8.42 Å². The van der Waals surface area contributed by atoms with Crippen molar-refractivity contribution in [2.24, 2.45) is 0 Å². The first-order valence-electron chi connectivity index (χ1n) is 9.22. The molecular weight excluding hydrogens is 352 g/mol. The lowest BCUT2D eigenvalue weighted by atomic mass is 9.78. The molecule has 142 valence electrons. The predicted octanol–water partition coefficient (Wildman–Crippen LogP) is 2.88. The number of fused-ring (bicyclic) bond motifs is 1. The molecule has 2 heterocycles. The van der Waals surface area contributed by atoms with Crippen LogP contribution in [0.5, 0.6) is 0 Å². The smallest absolute Gasteiger partial charge is 0.214 e. The van der Waals surface area contributed by atoms with Crippen LogP contribution >= 0.6 is 0 Å². The molecular formula is C19H26N2O4S. The Morgan fingerprint density at radius 2 is 2.19 bits per heavy atom. The second-order valence-corrected chi connectivity index (χ2v) is 9.35. The van der Waals surface area contributed by atoms with E-state index >= 15 is 0 Å². The fourth-order valence-corrected chi connectivity index (χ4v) is 5.57. The normalized spacial score (nSPS) is 23.3. The van der Waals surface area contributed by atoms with Crippen molar-refractivity contribution in [2.45, 2.75) is 49.9 Å². The molecule has 0 amide bonds. The largest absolute Gasteiger partial charge is 0.383 e. The number of aromatic nitrogens is 1. The number of H-pyrrole nitrogens is 1. The third-order valence-corrected chi connectivity index (χ3v) is 7.10. The lowest BCUT2D eigenvalue weighted by Crippen LogP contribution is -2.40. The first-order valence-corrected chi connectivity index (χ1v) is 10.9. The highest BCUT2D eigenvalue weighted by molar-refractivity contribution is 7.89. The number of benzene rings is 1. The molecule has 6 nitrogen and oxygen atoms in total. The van der Waals surface area contributed by atoms with Crippen molar-refractivity contribution in [1.82, 2.24) is 9.71 Å². The van der Waals surface area contributed by atoms with Gasteiger partial charge in [-0.3, -0.25) is 0 Å². The summed E-state index contributed by atoms with van der Waals surface area (Å²) in [6, 6.07) is 7.45. The third-order valence-electron chi connectivity index (χ3n) is 5.64. The van der Waals surface area contributed by atoms with Crippen LogP contribution < -0.4 is 4.72 Å². The highest BCUT2D eigenvalue weighted by Crippen LogP contribution is 2.45. The van der Waals surface area contributed by atoms with Crippen molar-refractivity contribution in [2.75, 3.05) is 19.5 Å². The Bertz CT molecular complexity index is 873. The van der Waals surface area contributed by atoms with E-state index in [1.165, 1.54) is 6.42 Å². The van der Waals surface area contributed by atoms with Crippen LogP contribution in [0.2, 0.25) is 0 Å². The summed E-state index contributed by atoms with van der Waals surface area (Å²) < 4.78 is 39.6. The number of hydrogen-bond acceptors (Lipinski definition) is 4. The molecule has 2 aliphatic rings. The highest BCUT2D eigenvalue weighted by Gasteiger charge is 2.45. The lowest BCUT2D eigenvalue weighted by Gasteiger charge is -2.37. The quantitative estimate of drug-likeness (QED) is 0.776. The van der Waals surface area contributed by atoms with Gasteiger partial charge in [-0.2, -0.15) is 0 Å². The first kappa shape index (κ1) is 18.0. The monoisotopic (exact) mass is 378 g/mol. The molecule has 2 atom stereocenters. The second kappa shape index (κ2) is 6.96. The standard InChI is InChI=1S/C19H26N2O4S/c1-24-12-18(14-3-4-17-15(11-14)6-10-20-17)21-26(22,23)13-16-5-9-19(25-16)7-2-8-19/h3-4,6,10-11,16,18,20-21H,2,5,7-9,12-13H2,1H3. The average molecular weight is 378 g/mol. The predicted molar refractivity (Wildman–Crippen MR) is 101 cm³/mol. The van der Waals surface area contributed by atoms with Crippen LogP contribution in [0.4, 0.5) is 0 Å². The van der Waals surface area contributed by atoms with Crippen molar-refractivity contribution >= 4 is 20.9 Å². The Labute approximate surface area is 154 Å². The molecule has 2 unspecified atom stereocenters. The molecule has 1 aliphatic heterocycles. The average Bonchev–Trinajstić information content (AvgIpc) is 3.19. The zero-order valence-corrected chi connectivity index (χ0v) is 15.8. The Hall–Kier alpha value is -1.41. The van der Waals surface area contributed by atoms with Gasteiger partial charge in [0.05, 0.1) is 30.1 Å². The number of sulfonamides is 1. The zero-order chi connectivity index (χ0) is 18.2. The molecule has 2 N–H and O–H groups in total. The lowest BCUT2D eigenvalue weighted by molar-refractivity contribution is -0.0842. The Morgan fingerprint density at radius 1 is 1.35 bits per heavy atom. The van der Waals surface area contributed by atoms with Gasteiger partial charge in [-0.1, -0.05) is 6.07 Å². The van der Waals surface area contributed by atoms with Crippen molar-refractivity contribution in [3.63, 3.8) is 0 Å². The Kier molecular flexibility index (Phi) is 4.81. The number of ether oxygens (including phenoxy) is 2. The summed E-state index contributed by atoms with van der Waals surface area (Å²) in [5, 5.41) is 1.05. The van der Waals surface area contributed by atoms with Gasteiger partial charge in [-0.25, -0.2) is 13.1 Å². The molecule has 1 spiro atoms. The topological polar surface area (TPSA) is 80.4 Å². The van der Waals surface area contributed by atoms with Gasteiger partial charge in [0.1, 0.15) is 0 Å². The van der Waals surface area contributed by atoms with Crippen LogP contribution in [0.3, 0.4) is 0 Å². The number of methoxy groups -OCH3 is 1. The van der Waals surface area contributed by atoms with Gasteiger partial charge < -0.3 is 14.5 Å². The van der Waals surface area contributed by atoms with Crippen molar-refractivity contribution in [1.29, 1.82) is 0 Å². The van der Waals surface area contributed by atoms with E-state index in [1.807, 2.05) is 30.5 Å². The summed E-state index contributed by atoms with van der Waals surface area (Å²) in [6.07, 6.45) is 6.81. The van der Waals surface area contributed by atoms with Crippen molar-refractivity contribution in [3.8, 4) is 0 Å². The van der Waals surface area contributed by atoms with E-state index < -0.39 is 16.1 Å². The van der Waals surface area contributed by atoms with Gasteiger partial charge >= 0.3 is 0 Å². The molecule has 4 rings (SSSR count). The van der Waals surface area contributed by atoms with Gasteiger partial charge in [0.25, 0.3) is 0 Å². The molecule has 1 saturated heterocycles. The number of rotatable bonds is 7. The maximum absolute atomic E-state index is 12.7. The molecule has 1 aromatic heterocycles. The molecule has 2 aromatic rings. The second-order valence-electron chi connectivity index (χ2n) is 7.55. The SMILES string of the molecule is COCC(NS(=O)(=O)CC1CCC2(CCC2)O1)c1ccc2[nH]ccc2c1. The Morgan fingerprint density at radius 3 is 2.88 bits per heavy atom. The van der Waals surface area contributed by atoms with Crippen LogP contribution in [0, 0.1) is 0 Å². The summed E-state index contributed by atoms with van der Waals surface area (Å²) in [6.45, 7) is 0.282. The molecule has 26 heavy (non-hydrogen) atoms. The van der Waals surface area contributed by atoms with Crippen LogP contribution in [0.25, 0.3) is 10.9 Å². The summed E-state index contributed by atoms with van der Waals surface area (Å²) in [5.41, 5.74) is 1.90. The summed E-state index contributed by atoms with van der Waals surface area (Å²) >= 11 is 0. The molecule has 0 radical (unpaired) electrons. The van der Waals surface area contributed by atoms with Crippen LogP contribution in [0.15, 0.2) is 30.5 Å². The van der Waals surface area contributed by atoms with Crippen molar-refractivity contribution in [3.05, 3.63) is 36.0 Å². The van der Waals surface area contributed by atoms with E-state index in [2.05, 4.69) is 9.71 Å². The van der Waals surface area contributed by atoms with Gasteiger partial charge in [0, 0.05) is 18.8 Å². The number of aromatic amines is 1. The van der Waals surface area contributed by atoms with E-state index in [0.717, 1.165) is 42.1 Å². The minimum Gasteiger partial charge on any atom is -0.383 e. The van der Waals surface area contributed by atoms with E-state index in [-0.39, 0.29) is 24.1 Å². The van der Waals surface area contributed by atoms with Crippen LogP contribution in [0.1, 0.15) is 43.7 Å². The zero-order valence-electron chi connectivity index (χ0n) is 15.0. The minimum atomic E-state index is -3.47. The maximum atomic E-state index is 12.7. The Balaban J connectivity index is 1.46. The fourth-order valence-electron chi connectivity index (χ4n) is 4.11. The summed E-state index contributed by atoms with van der Waals surface area (Å²) in [5.74, 6) is 0.0152. The number of nitrogens with one attached hydrogen (secondary N) is 2. The molecule has 2 fully saturated rings. The highest BCUT2D eigenvalue weighted by atomic mass is 32.2. The van der Waals surface area contributed by atoms with Gasteiger partial charge in [-0.15, -0.1) is 0 Å². The summed E-state index contributed by atoms with van der Waals surface area (Å²) in [7, 11) is -1.89.